The van der Waals surface area contributed by atoms with E-state index in [2.05, 4.69) is 62.2 Å². The maximum atomic E-state index is 11.8. The Bertz CT molecular complexity index is 535. The molecule has 1 aliphatic heterocycles. The van der Waals surface area contributed by atoms with E-state index in [1.54, 1.807) is 0 Å². The number of carbonyl (C=O) groups excluding carboxylic acids is 1. The van der Waals surface area contributed by atoms with E-state index in [-0.39, 0.29) is 18.1 Å². The van der Waals surface area contributed by atoms with Crippen molar-refractivity contribution in [1.82, 2.24) is 10.2 Å². The molecule has 0 radical (unpaired) electrons. The van der Waals surface area contributed by atoms with Crippen LogP contribution in [0.15, 0.2) is 24.3 Å². The van der Waals surface area contributed by atoms with E-state index in [9.17, 15) is 4.79 Å². The number of nitrogens with zero attached hydrogens (tertiary/aromatic N) is 1. The Morgan fingerprint density at radius 1 is 1.19 bits per heavy atom. The molecule has 0 bridgehead atoms. The normalized spacial score (nSPS) is 21.1. The van der Waals surface area contributed by atoms with Crippen molar-refractivity contribution in [2.45, 2.75) is 59.4 Å². The number of ether oxygens (including phenoxy) is 2. The Hall–Kier alpha value is -1.43. The van der Waals surface area contributed by atoms with Crippen LogP contribution >= 0.6 is 0 Å². The van der Waals surface area contributed by atoms with Gasteiger partial charge in [-0.25, -0.2) is 0 Å². The first-order valence-electron chi connectivity index (χ1n) is 9.72. The van der Waals surface area contributed by atoms with Crippen LogP contribution in [-0.4, -0.2) is 49.3 Å². The minimum absolute atomic E-state index is 0.0362. The third-order valence-corrected chi connectivity index (χ3v) is 4.34. The molecule has 1 aromatic carbocycles. The van der Waals surface area contributed by atoms with Crippen molar-refractivity contribution < 1.29 is 14.3 Å². The Morgan fingerprint density at radius 3 is 2.42 bits per heavy atom. The van der Waals surface area contributed by atoms with Crippen molar-refractivity contribution in [3.05, 3.63) is 35.4 Å². The van der Waals surface area contributed by atoms with Crippen LogP contribution in [0.4, 0.5) is 0 Å². The number of morpholine rings is 1. The summed E-state index contributed by atoms with van der Waals surface area (Å²) in [6.45, 7) is 13.1. The lowest BCUT2D eigenvalue weighted by molar-refractivity contribution is -0.122. The molecule has 0 aliphatic carbocycles. The third-order valence-electron chi connectivity index (χ3n) is 4.34. The number of benzene rings is 1. The van der Waals surface area contributed by atoms with E-state index in [1.807, 2.05) is 0 Å². The van der Waals surface area contributed by atoms with Crippen LogP contribution in [0.3, 0.4) is 0 Å². The van der Waals surface area contributed by atoms with Crippen molar-refractivity contribution in [1.29, 1.82) is 0 Å². The average Bonchev–Trinajstić information content (AvgIpc) is 2.57. The predicted octanol–water partition coefficient (Wildman–Crippen LogP) is 2.97. The van der Waals surface area contributed by atoms with E-state index < -0.39 is 0 Å². The zero-order chi connectivity index (χ0) is 18.9. The number of nitrogens with one attached hydrogen (secondary N) is 1. The second-order valence-corrected chi connectivity index (χ2v) is 7.76. The van der Waals surface area contributed by atoms with E-state index in [0.29, 0.717) is 32.1 Å². The van der Waals surface area contributed by atoms with E-state index >= 15 is 0 Å². The largest absolute Gasteiger partial charge is 0.381 e. The minimum atomic E-state index is 0.0362. The molecule has 1 N–H and O–H groups in total. The van der Waals surface area contributed by atoms with Crippen molar-refractivity contribution >= 4 is 5.91 Å². The Morgan fingerprint density at radius 2 is 1.81 bits per heavy atom. The van der Waals surface area contributed by atoms with Crippen molar-refractivity contribution in [3.63, 3.8) is 0 Å². The van der Waals surface area contributed by atoms with Gasteiger partial charge in [-0.15, -0.1) is 0 Å². The summed E-state index contributed by atoms with van der Waals surface area (Å²) < 4.78 is 11.2. The zero-order valence-electron chi connectivity index (χ0n) is 16.7. The van der Waals surface area contributed by atoms with Gasteiger partial charge in [0.15, 0.2) is 0 Å². The molecule has 1 aliphatic rings. The van der Waals surface area contributed by atoms with Crippen LogP contribution in [0.2, 0.25) is 0 Å². The molecule has 5 nitrogen and oxygen atoms in total. The fraction of sp³-hybridized carbons (Fsp3) is 0.667. The summed E-state index contributed by atoms with van der Waals surface area (Å²) in [5.74, 6) is 0.537. The second kappa shape index (κ2) is 10.7. The SMILES string of the molecule is CC(C)COCCC(=O)NCc1ccc(CN2CC(C)OC(C)C2)cc1. The maximum absolute atomic E-state index is 11.8. The molecule has 0 aromatic heterocycles. The van der Waals surface area contributed by atoms with Crippen LogP contribution in [0.1, 0.15) is 45.2 Å². The molecule has 0 spiro atoms. The monoisotopic (exact) mass is 362 g/mol. The molecular formula is C21H34N2O3. The van der Waals surface area contributed by atoms with E-state index in [0.717, 1.165) is 25.2 Å². The smallest absolute Gasteiger partial charge is 0.222 e. The molecule has 0 saturated carbocycles. The molecule has 1 heterocycles. The van der Waals surface area contributed by atoms with Gasteiger partial charge in [-0.3, -0.25) is 9.69 Å². The highest BCUT2D eigenvalue weighted by Gasteiger charge is 2.21. The van der Waals surface area contributed by atoms with Gasteiger partial charge in [-0.1, -0.05) is 38.1 Å². The molecule has 1 amide bonds. The molecule has 1 aromatic rings. The van der Waals surface area contributed by atoms with E-state index in [1.165, 1.54) is 5.56 Å². The number of carbonyl (C=O) groups is 1. The van der Waals surface area contributed by atoms with Gasteiger partial charge in [-0.2, -0.15) is 0 Å². The lowest BCUT2D eigenvalue weighted by atomic mass is 10.1. The highest BCUT2D eigenvalue weighted by atomic mass is 16.5. The van der Waals surface area contributed by atoms with Crippen LogP contribution in [0, 0.1) is 5.92 Å². The van der Waals surface area contributed by atoms with Gasteiger partial charge in [0.25, 0.3) is 0 Å². The summed E-state index contributed by atoms with van der Waals surface area (Å²) >= 11 is 0. The highest BCUT2D eigenvalue weighted by Crippen LogP contribution is 2.14. The summed E-state index contributed by atoms with van der Waals surface area (Å²) in [6, 6.07) is 8.49. The topological polar surface area (TPSA) is 50.8 Å². The maximum Gasteiger partial charge on any atom is 0.222 e. The summed E-state index contributed by atoms with van der Waals surface area (Å²) in [5.41, 5.74) is 2.41. The summed E-state index contributed by atoms with van der Waals surface area (Å²) in [4.78, 5) is 14.3. The first-order valence-corrected chi connectivity index (χ1v) is 9.72. The van der Waals surface area contributed by atoms with Gasteiger partial charge in [0.2, 0.25) is 5.91 Å². The molecule has 2 atom stereocenters. The Kier molecular flexibility index (Phi) is 8.55. The summed E-state index contributed by atoms with van der Waals surface area (Å²) in [7, 11) is 0. The van der Waals surface area contributed by atoms with Crippen LogP contribution < -0.4 is 5.32 Å². The first-order chi connectivity index (χ1) is 12.4. The van der Waals surface area contributed by atoms with Crippen LogP contribution in [0.25, 0.3) is 0 Å². The highest BCUT2D eigenvalue weighted by molar-refractivity contribution is 5.75. The minimum Gasteiger partial charge on any atom is -0.381 e. The van der Waals surface area contributed by atoms with Gasteiger partial charge in [0.05, 0.1) is 18.8 Å². The molecule has 2 unspecified atom stereocenters. The lowest BCUT2D eigenvalue weighted by Crippen LogP contribution is -2.44. The van der Waals surface area contributed by atoms with Gasteiger partial charge < -0.3 is 14.8 Å². The number of rotatable bonds is 9. The standard InChI is InChI=1S/C21H34N2O3/c1-16(2)15-25-10-9-21(24)22-11-19-5-7-20(8-6-19)14-23-12-17(3)26-18(4)13-23/h5-8,16-18H,9-15H2,1-4H3,(H,22,24). The van der Waals surface area contributed by atoms with Crippen molar-refractivity contribution in [2.75, 3.05) is 26.3 Å². The van der Waals surface area contributed by atoms with Crippen molar-refractivity contribution in [3.8, 4) is 0 Å². The number of amides is 1. The first kappa shape index (κ1) is 20.9. The Labute approximate surface area is 158 Å². The van der Waals surface area contributed by atoms with Crippen LogP contribution in [-0.2, 0) is 27.4 Å². The van der Waals surface area contributed by atoms with Crippen LogP contribution in [0.5, 0.6) is 0 Å². The van der Waals surface area contributed by atoms with Gasteiger partial charge >= 0.3 is 0 Å². The van der Waals surface area contributed by atoms with Crippen molar-refractivity contribution in [2.24, 2.45) is 5.92 Å². The molecule has 146 valence electrons. The molecule has 26 heavy (non-hydrogen) atoms. The second-order valence-electron chi connectivity index (χ2n) is 7.76. The summed E-state index contributed by atoms with van der Waals surface area (Å²) in [5, 5.41) is 2.95. The lowest BCUT2D eigenvalue weighted by Gasteiger charge is -2.35. The fourth-order valence-corrected chi connectivity index (χ4v) is 3.21. The molecule has 5 heteroatoms. The zero-order valence-corrected chi connectivity index (χ0v) is 16.7. The van der Waals surface area contributed by atoms with Gasteiger partial charge in [0.1, 0.15) is 0 Å². The molecule has 1 saturated heterocycles. The Balaban J connectivity index is 1.69. The average molecular weight is 363 g/mol. The number of hydrogen-bond acceptors (Lipinski definition) is 4. The number of hydrogen-bond donors (Lipinski definition) is 1. The van der Waals surface area contributed by atoms with E-state index in [4.69, 9.17) is 9.47 Å². The molecular weight excluding hydrogens is 328 g/mol. The molecule has 2 rings (SSSR count). The summed E-state index contributed by atoms with van der Waals surface area (Å²) in [6.07, 6.45) is 0.994. The third kappa shape index (κ3) is 7.85. The fourth-order valence-electron chi connectivity index (χ4n) is 3.21. The van der Waals surface area contributed by atoms with Gasteiger partial charge in [-0.05, 0) is 30.9 Å². The van der Waals surface area contributed by atoms with Gasteiger partial charge in [0, 0.05) is 39.2 Å². The quantitative estimate of drug-likeness (QED) is 0.686. The predicted molar refractivity (Wildman–Crippen MR) is 104 cm³/mol. The molecule has 1 fully saturated rings.